The molecule has 1 aliphatic heterocycles. The predicted molar refractivity (Wildman–Crippen MR) is 92.2 cm³/mol. The smallest absolute Gasteiger partial charge is 0.276 e. The molecule has 0 aliphatic carbocycles. The largest absolute Gasteiger partial charge is 0.494 e. The number of halogens is 1. The number of nitrogens with zero attached hydrogens (tertiary/aromatic N) is 4. The van der Waals surface area contributed by atoms with E-state index in [1.165, 1.54) is 30.6 Å². The van der Waals surface area contributed by atoms with Crippen LogP contribution in [-0.4, -0.2) is 56.2 Å². The second kappa shape index (κ2) is 6.70. The molecular weight excluding hydrogens is 349 g/mol. The first-order valence-electron chi connectivity index (χ1n) is 7.81. The summed E-state index contributed by atoms with van der Waals surface area (Å²) in [7, 11) is -0.820. The number of nitrogens with two attached hydrogens (primary N) is 1. The van der Waals surface area contributed by atoms with Crippen molar-refractivity contribution in [1.29, 1.82) is 0 Å². The molecule has 2 heterocycles. The summed E-state index contributed by atoms with van der Waals surface area (Å²) in [4.78, 5) is 2.05. The number of ether oxygens (including phenoxy) is 1. The Morgan fingerprint density at radius 1 is 1.36 bits per heavy atom. The number of aromatic nitrogens is 2. The van der Waals surface area contributed by atoms with Gasteiger partial charge in [0.25, 0.3) is 10.2 Å². The molecule has 3 rings (SSSR count). The van der Waals surface area contributed by atoms with Crippen molar-refractivity contribution in [3.05, 3.63) is 24.1 Å². The summed E-state index contributed by atoms with van der Waals surface area (Å²) in [6.45, 7) is 1.22. The third-order valence-corrected chi connectivity index (χ3v) is 5.71. The molecule has 1 aromatic carbocycles. The second-order valence-corrected chi connectivity index (χ2v) is 7.62. The van der Waals surface area contributed by atoms with Crippen LogP contribution in [0.1, 0.15) is 12.8 Å². The molecule has 0 unspecified atom stereocenters. The van der Waals surface area contributed by atoms with Gasteiger partial charge in [-0.2, -0.15) is 22.9 Å². The van der Waals surface area contributed by atoms with Gasteiger partial charge >= 0.3 is 0 Å². The lowest BCUT2D eigenvalue weighted by Crippen LogP contribution is -2.47. The van der Waals surface area contributed by atoms with Crippen LogP contribution in [0.3, 0.4) is 0 Å². The van der Waals surface area contributed by atoms with Crippen LogP contribution in [0.2, 0.25) is 0 Å². The predicted octanol–water partition coefficient (Wildman–Crippen LogP) is 0.882. The van der Waals surface area contributed by atoms with Crippen molar-refractivity contribution in [3.8, 4) is 5.75 Å². The first kappa shape index (κ1) is 17.8. The maximum absolute atomic E-state index is 14.1. The fraction of sp³-hybridized carbons (Fsp3) is 0.467. The molecule has 1 aliphatic rings. The maximum atomic E-state index is 14.1. The lowest BCUT2D eigenvalue weighted by Gasteiger charge is -2.36. The first-order valence-corrected chi connectivity index (χ1v) is 9.31. The van der Waals surface area contributed by atoms with Gasteiger partial charge in [0, 0.05) is 37.6 Å². The van der Waals surface area contributed by atoms with Crippen LogP contribution in [0.4, 0.5) is 10.1 Å². The number of anilines is 1. The summed E-state index contributed by atoms with van der Waals surface area (Å²) < 4.78 is 43.2. The van der Waals surface area contributed by atoms with Crippen molar-refractivity contribution in [2.24, 2.45) is 5.14 Å². The quantitative estimate of drug-likeness (QED) is 0.858. The molecular formula is C15H20FN5O3S. The van der Waals surface area contributed by atoms with E-state index >= 15 is 0 Å². The molecule has 2 N–H and O–H groups in total. The monoisotopic (exact) mass is 369 g/mol. The standard InChI is InChI=1S/C15H20FN5O3S/c1-20(25(17,22)23)10-3-5-21(6-4-10)14-9-18-19-13-8-15(24-2)12(16)7-11(13)14/h7-10H,3-6H2,1-2H3,(H2,17,22,23). The van der Waals surface area contributed by atoms with Crippen LogP contribution in [0.25, 0.3) is 10.9 Å². The second-order valence-electron chi connectivity index (χ2n) is 6.01. The van der Waals surface area contributed by atoms with E-state index in [9.17, 15) is 12.8 Å². The molecule has 0 saturated carbocycles. The molecule has 2 aromatic rings. The number of hydrogen-bond acceptors (Lipinski definition) is 6. The molecule has 0 amide bonds. The van der Waals surface area contributed by atoms with Gasteiger partial charge < -0.3 is 9.64 Å². The fourth-order valence-corrected chi connectivity index (χ4v) is 3.76. The minimum Gasteiger partial charge on any atom is -0.494 e. The van der Waals surface area contributed by atoms with E-state index < -0.39 is 16.0 Å². The van der Waals surface area contributed by atoms with E-state index in [1.54, 1.807) is 6.20 Å². The average molecular weight is 369 g/mol. The molecule has 136 valence electrons. The lowest BCUT2D eigenvalue weighted by molar-refractivity contribution is 0.312. The number of fused-ring (bicyclic) bond motifs is 1. The summed E-state index contributed by atoms with van der Waals surface area (Å²) in [6.07, 6.45) is 2.84. The topological polar surface area (TPSA) is 102 Å². The highest BCUT2D eigenvalue weighted by atomic mass is 32.2. The Bertz CT molecular complexity index is 884. The summed E-state index contributed by atoms with van der Waals surface area (Å²) in [6, 6.07) is 2.76. The van der Waals surface area contributed by atoms with Crippen LogP contribution >= 0.6 is 0 Å². The van der Waals surface area contributed by atoms with Crippen molar-refractivity contribution in [2.75, 3.05) is 32.1 Å². The van der Waals surface area contributed by atoms with Crippen molar-refractivity contribution < 1.29 is 17.5 Å². The van der Waals surface area contributed by atoms with Crippen LogP contribution in [0, 0.1) is 5.82 Å². The maximum Gasteiger partial charge on any atom is 0.276 e. The summed E-state index contributed by atoms with van der Waals surface area (Å²) in [5, 5.41) is 13.9. The number of benzene rings is 1. The van der Waals surface area contributed by atoms with Gasteiger partial charge in [-0.25, -0.2) is 9.53 Å². The van der Waals surface area contributed by atoms with Gasteiger partial charge in [-0.3, -0.25) is 0 Å². The molecule has 0 radical (unpaired) electrons. The third kappa shape index (κ3) is 3.51. The van der Waals surface area contributed by atoms with Crippen molar-refractivity contribution in [1.82, 2.24) is 14.5 Å². The first-order chi connectivity index (χ1) is 11.8. The van der Waals surface area contributed by atoms with Crippen LogP contribution in [0.15, 0.2) is 18.3 Å². The minimum atomic E-state index is -3.70. The van der Waals surface area contributed by atoms with Crippen molar-refractivity contribution in [2.45, 2.75) is 18.9 Å². The van der Waals surface area contributed by atoms with E-state index in [-0.39, 0.29) is 11.8 Å². The lowest BCUT2D eigenvalue weighted by atomic mass is 10.0. The molecule has 25 heavy (non-hydrogen) atoms. The highest BCUT2D eigenvalue weighted by molar-refractivity contribution is 7.86. The van der Waals surface area contributed by atoms with Crippen molar-refractivity contribution >= 4 is 26.8 Å². The molecule has 0 bridgehead atoms. The van der Waals surface area contributed by atoms with E-state index in [2.05, 4.69) is 15.1 Å². The number of methoxy groups -OCH3 is 1. The normalized spacial score (nSPS) is 16.6. The van der Waals surface area contributed by atoms with E-state index in [0.717, 1.165) is 5.69 Å². The van der Waals surface area contributed by atoms with Gasteiger partial charge in [-0.1, -0.05) is 0 Å². The molecule has 8 nitrogen and oxygen atoms in total. The summed E-state index contributed by atoms with van der Waals surface area (Å²) in [5.74, 6) is -0.347. The number of hydrogen-bond donors (Lipinski definition) is 1. The Balaban J connectivity index is 1.85. The molecule has 1 fully saturated rings. The summed E-state index contributed by atoms with van der Waals surface area (Å²) in [5.41, 5.74) is 1.31. The zero-order valence-corrected chi connectivity index (χ0v) is 14.8. The number of piperidine rings is 1. The van der Waals surface area contributed by atoms with Gasteiger partial charge in [0.05, 0.1) is 24.5 Å². The highest BCUT2D eigenvalue weighted by Crippen LogP contribution is 2.31. The molecule has 0 spiro atoms. The van der Waals surface area contributed by atoms with E-state index in [4.69, 9.17) is 9.88 Å². The Morgan fingerprint density at radius 2 is 2.04 bits per heavy atom. The summed E-state index contributed by atoms with van der Waals surface area (Å²) >= 11 is 0. The van der Waals surface area contributed by atoms with E-state index in [0.29, 0.717) is 36.8 Å². The molecule has 10 heteroatoms. The third-order valence-electron chi connectivity index (χ3n) is 4.61. The SMILES string of the molecule is COc1cc2nncc(N3CCC(N(C)S(N)(=O)=O)CC3)c2cc1F. The van der Waals surface area contributed by atoms with Crippen LogP contribution < -0.4 is 14.8 Å². The highest BCUT2D eigenvalue weighted by Gasteiger charge is 2.28. The molecule has 1 aromatic heterocycles. The van der Waals surface area contributed by atoms with Gasteiger partial charge in [0.15, 0.2) is 11.6 Å². The molecule has 1 saturated heterocycles. The Kier molecular flexibility index (Phi) is 4.76. The molecule has 0 atom stereocenters. The minimum absolute atomic E-state index is 0.118. The Hall–Kier alpha value is -2.04. The van der Waals surface area contributed by atoms with E-state index in [1.807, 2.05) is 0 Å². The van der Waals surface area contributed by atoms with Gasteiger partial charge in [0.1, 0.15) is 0 Å². The Labute approximate surface area is 145 Å². The Morgan fingerprint density at radius 3 is 2.64 bits per heavy atom. The van der Waals surface area contributed by atoms with Gasteiger partial charge in [-0.05, 0) is 18.9 Å². The zero-order chi connectivity index (χ0) is 18.2. The van der Waals surface area contributed by atoms with Crippen LogP contribution in [0.5, 0.6) is 5.75 Å². The van der Waals surface area contributed by atoms with Gasteiger partial charge in [-0.15, -0.1) is 0 Å². The van der Waals surface area contributed by atoms with Gasteiger partial charge in [0.2, 0.25) is 0 Å². The average Bonchev–Trinajstić information content (AvgIpc) is 2.59. The van der Waals surface area contributed by atoms with Crippen LogP contribution in [-0.2, 0) is 10.2 Å². The fourth-order valence-electron chi connectivity index (χ4n) is 3.13. The number of rotatable bonds is 4. The van der Waals surface area contributed by atoms with Crippen molar-refractivity contribution in [3.63, 3.8) is 0 Å². The zero-order valence-electron chi connectivity index (χ0n) is 14.0.